The number of aliphatic hydroxyl groups is 1. The van der Waals surface area contributed by atoms with Crippen LogP contribution in [0.4, 0.5) is 0 Å². The zero-order valence-corrected chi connectivity index (χ0v) is 17.6. The molecule has 2 unspecified atom stereocenters. The smallest absolute Gasteiger partial charge is 0.191 e. The van der Waals surface area contributed by atoms with Gasteiger partial charge in [0.05, 0.1) is 24.2 Å². The van der Waals surface area contributed by atoms with E-state index < -0.39 is 15.9 Å². The summed E-state index contributed by atoms with van der Waals surface area (Å²) in [5.74, 6) is 1.24. The molecule has 0 aliphatic carbocycles. The first kappa shape index (κ1) is 21.7. The number of nitrogens with one attached hydrogen (secondary N) is 2. The molecule has 0 bridgehead atoms. The van der Waals surface area contributed by atoms with Gasteiger partial charge in [0.15, 0.2) is 15.8 Å². The Kier molecular flexibility index (Phi) is 7.28. The summed E-state index contributed by atoms with van der Waals surface area (Å²) in [6, 6.07) is 7.99. The molecule has 0 amide bonds. The standard InChI is InChI=1S/C20H33N3O3S/c1-5-21-19(22-12-15-10-11-27(25,26)14-15)23-13-18(24)16-6-8-17(9-7-16)20(2,3)4/h6-9,15,18,24H,5,10-14H2,1-4H3,(H2,21,22,23). The lowest BCUT2D eigenvalue weighted by atomic mass is 9.86. The van der Waals surface area contributed by atoms with Crippen molar-refractivity contribution in [3.63, 3.8) is 0 Å². The van der Waals surface area contributed by atoms with E-state index in [1.54, 1.807) is 0 Å². The van der Waals surface area contributed by atoms with E-state index in [0.717, 1.165) is 5.56 Å². The van der Waals surface area contributed by atoms with Crippen molar-refractivity contribution in [1.29, 1.82) is 0 Å². The van der Waals surface area contributed by atoms with Gasteiger partial charge in [0.25, 0.3) is 0 Å². The van der Waals surface area contributed by atoms with Gasteiger partial charge in [-0.1, -0.05) is 45.0 Å². The second kappa shape index (κ2) is 9.06. The average Bonchev–Trinajstić information content (AvgIpc) is 2.95. The third-order valence-corrected chi connectivity index (χ3v) is 6.65. The first-order valence-corrected chi connectivity index (χ1v) is 11.4. The normalized spacial score (nSPS) is 21.1. The molecule has 0 radical (unpaired) electrons. The van der Waals surface area contributed by atoms with Gasteiger partial charge in [0, 0.05) is 13.1 Å². The molecule has 152 valence electrons. The number of sulfone groups is 1. The summed E-state index contributed by atoms with van der Waals surface area (Å²) < 4.78 is 23.1. The zero-order valence-electron chi connectivity index (χ0n) is 16.8. The van der Waals surface area contributed by atoms with Gasteiger partial charge in [0.1, 0.15) is 0 Å². The second-order valence-corrected chi connectivity index (χ2v) is 10.5. The Hall–Kier alpha value is -1.60. The van der Waals surface area contributed by atoms with E-state index in [-0.39, 0.29) is 29.4 Å². The predicted molar refractivity (Wildman–Crippen MR) is 111 cm³/mol. The van der Waals surface area contributed by atoms with Gasteiger partial charge in [-0.25, -0.2) is 8.42 Å². The maximum atomic E-state index is 11.6. The fourth-order valence-electron chi connectivity index (χ4n) is 3.10. The number of aliphatic hydroxyl groups excluding tert-OH is 1. The van der Waals surface area contributed by atoms with Crippen molar-refractivity contribution in [3.8, 4) is 0 Å². The molecule has 2 rings (SSSR count). The highest BCUT2D eigenvalue weighted by Crippen LogP contribution is 2.24. The molecule has 1 heterocycles. The van der Waals surface area contributed by atoms with Crippen LogP contribution in [-0.2, 0) is 15.3 Å². The number of guanidine groups is 1. The van der Waals surface area contributed by atoms with Crippen LogP contribution < -0.4 is 10.6 Å². The van der Waals surface area contributed by atoms with Gasteiger partial charge in [0.2, 0.25) is 0 Å². The van der Waals surface area contributed by atoms with Crippen LogP contribution in [0.2, 0.25) is 0 Å². The molecule has 6 nitrogen and oxygen atoms in total. The maximum Gasteiger partial charge on any atom is 0.191 e. The number of hydrogen-bond acceptors (Lipinski definition) is 4. The lowest BCUT2D eigenvalue weighted by Crippen LogP contribution is -2.40. The molecule has 0 aromatic heterocycles. The van der Waals surface area contributed by atoms with Crippen molar-refractivity contribution in [2.45, 2.75) is 45.6 Å². The maximum absolute atomic E-state index is 11.6. The van der Waals surface area contributed by atoms with Crippen molar-refractivity contribution in [3.05, 3.63) is 35.4 Å². The Labute approximate surface area is 163 Å². The molecule has 0 saturated carbocycles. The van der Waals surface area contributed by atoms with Crippen molar-refractivity contribution in [2.75, 3.05) is 31.1 Å². The summed E-state index contributed by atoms with van der Waals surface area (Å²) in [5, 5.41) is 16.8. The molecule has 1 fully saturated rings. The Bertz CT molecular complexity index is 737. The summed E-state index contributed by atoms with van der Waals surface area (Å²) in [6.07, 6.45) is 0.0126. The van der Waals surface area contributed by atoms with E-state index >= 15 is 0 Å². The Morgan fingerprint density at radius 1 is 1.26 bits per heavy atom. The molecular formula is C20H33N3O3S. The highest BCUT2D eigenvalue weighted by Gasteiger charge is 2.27. The van der Waals surface area contributed by atoms with Crippen LogP contribution in [0.25, 0.3) is 0 Å². The van der Waals surface area contributed by atoms with Gasteiger partial charge < -0.3 is 15.7 Å². The van der Waals surface area contributed by atoms with Crippen LogP contribution in [-0.4, -0.2) is 50.6 Å². The van der Waals surface area contributed by atoms with Gasteiger partial charge in [-0.3, -0.25) is 4.99 Å². The van der Waals surface area contributed by atoms with Crippen LogP contribution in [0.3, 0.4) is 0 Å². The first-order valence-electron chi connectivity index (χ1n) is 9.62. The van der Waals surface area contributed by atoms with Crippen LogP contribution in [0.5, 0.6) is 0 Å². The monoisotopic (exact) mass is 395 g/mol. The molecule has 1 aromatic carbocycles. The molecule has 27 heavy (non-hydrogen) atoms. The van der Waals surface area contributed by atoms with Crippen molar-refractivity contribution < 1.29 is 13.5 Å². The Balaban J connectivity index is 1.93. The van der Waals surface area contributed by atoms with E-state index in [0.29, 0.717) is 25.5 Å². The third kappa shape index (κ3) is 6.81. The SMILES string of the molecule is CCNC(=NCC(O)c1ccc(C(C)(C)C)cc1)NCC1CCS(=O)(=O)C1. The van der Waals surface area contributed by atoms with Crippen LogP contribution in [0, 0.1) is 5.92 Å². The second-order valence-electron chi connectivity index (χ2n) is 8.26. The lowest BCUT2D eigenvalue weighted by Gasteiger charge is -2.20. The molecule has 1 saturated heterocycles. The van der Waals surface area contributed by atoms with E-state index in [9.17, 15) is 13.5 Å². The quantitative estimate of drug-likeness (QED) is 0.506. The van der Waals surface area contributed by atoms with Crippen molar-refractivity contribution >= 4 is 15.8 Å². The lowest BCUT2D eigenvalue weighted by molar-refractivity contribution is 0.187. The summed E-state index contributed by atoms with van der Waals surface area (Å²) in [6.45, 7) is 9.96. The highest BCUT2D eigenvalue weighted by atomic mass is 32.2. The van der Waals surface area contributed by atoms with Gasteiger partial charge in [-0.05, 0) is 35.8 Å². The minimum atomic E-state index is -2.87. The molecule has 1 aliphatic rings. The largest absolute Gasteiger partial charge is 0.386 e. The van der Waals surface area contributed by atoms with Crippen LogP contribution >= 0.6 is 0 Å². The van der Waals surface area contributed by atoms with E-state index in [4.69, 9.17) is 0 Å². The molecule has 3 N–H and O–H groups in total. The number of hydrogen-bond donors (Lipinski definition) is 3. The molecule has 1 aliphatic heterocycles. The van der Waals surface area contributed by atoms with Gasteiger partial charge in [-0.15, -0.1) is 0 Å². The minimum Gasteiger partial charge on any atom is -0.386 e. The molecule has 7 heteroatoms. The summed E-state index contributed by atoms with van der Waals surface area (Å²) in [4.78, 5) is 4.45. The molecular weight excluding hydrogens is 362 g/mol. The van der Waals surface area contributed by atoms with Crippen LogP contribution in [0.1, 0.15) is 51.3 Å². The number of nitrogens with zero attached hydrogens (tertiary/aromatic N) is 1. The van der Waals surface area contributed by atoms with Crippen LogP contribution in [0.15, 0.2) is 29.3 Å². The average molecular weight is 396 g/mol. The van der Waals surface area contributed by atoms with Gasteiger partial charge in [-0.2, -0.15) is 0 Å². The number of benzene rings is 1. The zero-order chi connectivity index (χ0) is 20.1. The van der Waals surface area contributed by atoms with Crippen molar-refractivity contribution in [2.24, 2.45) is 10.9 Å². The third-order valence-electron chi connectivity index (χ3n) is 4.81. The fourth-order valence-corrected chi connectivity index (χ4v) is 4.97. The Morgan fingerprint density at radius 3 is 2.44 bits per heavy atom. The summed E-state index contributed by atoms with van der Waals surface area (Å²) in [5.41, 5.74) is 2.14. The van der Waals surface area contributed by atoms with E-state index in [2.05, 4.69) is 36.4 Å². The molecule has 2 atom stereocenters. The predicted octanol–water partition coefficient (Wildman–Crippen LogP) is 2.01. The van der Waals surface area contributed by atoms with Crippen molar-refractivity contribution in [1.82, 2.24) is 10.6 Å². The molecule has 1 aromatic rings. The first-order chi connectivity index (χ1) is 12.6. The minimum absolute atomic E-state index is 0.0808. The highest BCUT2D eigenvalue weighted by molar-refractivity contribution is 7.91. The Morgan fingerprint density at radius 2 is 1.93 bits per heavy atom. The summed E-state index contributed by atoms with van der Waals surface area (Å²) in [7, 11) is -2.87. The number of rotatable bonds is 6. The molecule has 0 spiro atoms. The number of aliphatic imine (C=N–C) groups is 1. The topological polar surface area (TPSA) is 90.8 Å². The fraction of sp³-hybridized carbons (Fsp3) is 0.650. The van der Waals surface area contributed by atoms with Gasteiger partial charge >= 0.3 is 0 Å². The summed E-state index contributed by atoms with van der Waals surface area (Å²) >= 11 is 0. The van der Waals surface area contributed by atoms with E-state index in [1.807, 2.05) is 31.2 Å². The van der Waals surface area contributed by atoms with E-state index in [1.165, 1.54) is 5.56 Å².